The van der Waals surface area contributed by atoms with E-state index < -0.39 is 11.7 Å². The maximum absolute atomic E-state index is 13.5. The van der Waals surface area contributed by atoms with Gasteiger partial charge in [0, 0.05) is 5.41 Å². The Hall–Kier alpha value is -3.33. The third-order valence-corrected chi connectivity index (χ3v) is 5.09. The van der Waals surface area contributed by atoms with E-state index in [1.807, 2.05) is 93.6 Å². The van der Waals surface area contributed by atoms with E-state index in [0.29, 0.717) is 0 Å². The van der Waals surface area contributed by atoms with Crippen LogP contribution >= 0.6 is 0 Å². The van der Waals surface area contributed by atoms with Crippen LogP contribution in [0.2, 0.25) is 0 Å². The summed E-state index contributed by atoms with van der Waals surface area (Å²) in [5.74, 6) is 0. The van der Waals surface area contributed by atoms with Crippen LogP contribution in [0, 0.1) is 5.41 Å². The molecule has 3 rings (SSSR count). The Balaban J connectivity index is 2.26. The molecule has 2 aromatic carbocycles. The molecule has 0 saturated heterocycles. The number of carbonyl (C=O) groups excluding carboxylic acids is 1. The Bertz CT molecular complexity index is 925. The fourth-order valence-electron chi connectivity index (χ4n) is 3.85. The Kier molecular flexibility index (Phi) is 6.65. The van der Waals surface area contributed by atoms with Gasteiger partial charge in [0.2, 0.25) is 0 Å². The molecule has 0 saturated carbocycles. The lowest BCUT2D eigenvalue weighted by Gasteiger charge is -2.39. The molecule has 0 aromatic heterocycles. The summed E-state index contributed by atoms with van der Waals surface area (Å²) in [6, 6.07) is 19.9. The summed E-state index contributed by atoms with van der Waals surface area (Å²) < 4.78 is 5.83. The highest BCUT2D eigenvalue weighted by atomic mass is 16.6. The quantitative estimate of drug-likeness (QED) is 0.460. The largest absolute Gasteiger partial charge is 0.443 e. The minimum atomic E-state index is -0.614. The van der Waals surface area contributed by atoms with Crippen LogP contribution in [-0.2, 0) is 4.74 Å². The second-order valence-corrected chi connectivity index (χ2v) is 8.83. The highest BCUT2D eigenvalue weighted by Crippen LogP contribution is 2.45. The van der Waals surface area contributed by atoms with Gasteiger partial charge in [-0.05, 0) is 56.9 Å². The van der Waals surface area contributed by atoms with E-state index in [-0.39, 0.29) is 5.41 Å². The number of hydrogen-bond donors (Lipinski definition) is 0. The van der Waals surface area contributed by atoms with Crippen molar-refractivity contribution in [1.82, 2.24) is 4.90 Å². The number of nitrogens with zero attached hydrogens (tertiary/aromatic N) is 1. The molecule has 1 aliphatic rings. The van der Waals surface area contributed by atoms with Gasteiger partial charge in [0.05, 0.1) is 11.4 Å². The van der Waals surface area contributed by atoms with Crippen LogP contribution < -0.4 is 0 Å². The second-order valence-electron chi connectivity index (χ2n) is 8.83. The van der Waals surface area contributed by atoms with Crippen molar-refractivity contribution in [1.29, 1.82) is 0 Å². The van der Waals surface area contributed by atoms with Crippen LogP contribution in [0.25, 0.3) is 11.4 Å². The van der Waals surface area contributed by atoms with Crippen molar-refractivity contribution < 1.29 is 9.53 Å². The average molecular weight is 414 g/mol. The monoisotopic (exact) mass is 413 g/mol. The number of hydrogen-bond acceptors (Lipinski definition) is 2. The van der Waals surface area contributed by atoms with E-state index in [0.717, 1.165) is 35.4 Å². The van der Waals surface area contributed by atoms with Gasteiger partial charge in [0.15, 0.2) is 0 Å². The summed E-state index contributed by atoms with van der Waals surface area (Å²) in [7, 11) is 0. The summed E-state index contributed by atoms with van der Waals surface area (Å²) in [6.45, 7) is 13.6. The molecule has 0 atom stereocenters. The first-order valence-corrected chi connectivity index (χ1v) is 10.6. The Morgan fingerprint density at radius 3 is 1.65 bits per heavy atom. The molecule has 31 heavy (non-hydrogen) atoms. The summed E-state index contributed by atoms with van der Waals surface area (Å²) in [5.41, 5.74) is 2.56. The van der Waals surface area contributed by atoms with Crippen molar-refractivity contribution in [2.24, 2.45) is 5.41 Å². The van der Waals surface area contributed by atoms with Gasteiger partial charge >= 0.3 is 6.09 Å². The minimum Gasteiger partial charge on any atom is -0.443 e. The Morgan fingerprint density at radius 2 is 1.29 bits per heavy atom. The molecule has 1 heterocycles. The number of amides is 1. The first-order valence-electron chi connectivity index (χ1n) is 10.6. The predicted molar refractivity (Wildman–Crippen MR) is 129 cm³/mol. The van der Waals surface area contributed by atoms with E-state index in [4.69, 9.17) is 4.74 Å². The van der Waals surface area contributed by atoms with Gasteiger partial charge in [-0.25, -0.2) is 9.69 Å². The standard InChI is InChI=1S/C28H31NO2/c1-6-18-28(19-7-2)20-24(22-14-10-8-11-15-22)29(26(30)31-27(3,4)5)25(21-28)23-16-12-9-13-17-23/h6-17,20-21H,1-2,18-19H2,3-5H3. The average Bonchev–Trinajstić information content (AvgIpc) is 2.73. The molecule has 0 aliphatic carbocycles. The lowest BCUT2D eigenvalue weighted by atomic mass is 9.76. The van der Waals surface area contributed by atoms with Crippen molar-refractivity contribution in [3.63, 3.8) is 0 Å². The maximum Gasteiger partial charge on any atom is 0.419 e. The van der Waals surface area contributed by atoms with E-state index >= 15 is 0 Å². The van der Waals surface area contributed by atoms with Crippen LogP contribution in [0.1, 0.15) is 44.7 Å². The van der Waals surface area contributed by atoms with E-state index in [2.05, 4.69) is 25.3 Å². The van der Waals surface area contributed by atoms with Crippen LogP contribution in [0.4, 0.5) is 4.79 Å². The van der Waals surface area contributed by atoms with E-state index in [1.165, 1.54) is 0 Å². The zero-order chi connectivity index (χ0) is 22.5. The predicted octanol–water partition coefficient (Wildman–Crippen LogP) is 7.46. The Morgan fingerprint density at radius 1 is 0.871 bits per heavy atom. The zero-order valence-corrected chi connectivity index (χ0v) is 18.7. The molecule has 0 unspecified atom stereocenters. The number of rotatable bonds is 6. The summed E-state index contributed by atoms with van der Waals surface area (Å²) in [5, 5.41) is 0. The molecule has 3 nitrogen and oxygen atoms in total. The smallest absolute Gasteiger partial charge is 0.419 e. The normalized spacial score (nSPS) is 15.5. The molecule has 1 aliphatic heterocycles. The third kappa shape index (κ3) is 5.24. The second kappa shape index (κ2) is 9.22. The minimum absolute atomic E-state index is 0.335. The van der Waals surface area contributed by atoms with Gasteiger partial charge < -0.3 is 4.74 Å². The lowest BCUT2D eigenvalue weighted by molar-refractivity contribution is 0.0423. The SMILES string of the molecule is C=CCC1(CC=C)C=C(c2ccccc2)N(C(=O)OC(C)(C)C)C(c2ccccc2)=C1. The van der Waals surface area contributed by atoms with Crippen molar-refractivity contribution in [3.8, 4) is 0 Å². The number of carbonyl (C=O) groups is 1. The van der Waals surface area contributed by atoms with Crippen molar-refractivity contribution in [3.05, 3.63) is 109 Å². The fraction of sp³-hybridized carbons (Fsp3) is 0.250. The van der Waals surface area contributed by atoms with Crippen LogP contribution in [0.3, 0.4) is 0 Å². The van der Waals surface area contributed by atoms with Gasteiger partial charge in [0.25, 0.3) is 0 Å². The highest BCUT2D eigenvalue weighted by molar-refractivity contribution is 5.95. The van der Waals surface area contributed by atoms with E-state index in [1.54, 1.807) is 4.90 Å². The van der Waals surface area contributed by atoms with Crippen LogP contribution in [0.5, 0.6) is 0 Å². The molecule has 1 amide bonds. The molecule has 3 heteroatoms. The molecular weight excluding hydrogens is 382 g/mol. The van der Waals surface area contributed by atoms with Crippen molar-refractivity contribution in [2.75, 3.05) is 0 Å². The number of allylic oxidation sites excluding steroid dienone is 4. The summed E-state index contributed by atoms with van der Waals surface area (Å²) in [4.78, 5) is 15.2. The zero-order valence-electron chi connectivity index (χ0n) is 18.7. The molecular formula is C28H31NO2. The number of ether oxygens (including phenoxy) is 1. The van der Waals surface area contributed by atoms with Gasteiger partial charge in [-0.2, -0.15) is 0 Å². The van der Waals surface area contributed by atoms with Gasteiger partial charge in [-0.3, -0.25) is 0 Å². The molecule has 0 radical (unpaired) electrons. The van der Waals surface area contributed by atoms with Crippen molar-refractivity contribution in [2.45, 2.75) is 39.2 Å². The van der Waals surface area contributed by atoms with Gasteiger partial charge in [-0.1, -0.05) is 72.8 Å². The first kappa shape index (κ1) is 22.4. The third-order valence-electron chi connectivity index (χ3n) is 5.09. The topological polar surface area (TPSA) is 29.5 Å². The van der Waals surface area contributed by atoms with Crippen molar-refractivity contribution >= 4 is 17.5 Å². The van der Waals surface area contributed by atoms with Gasteiger partial charge in [-0.15, -0.1) is 13.2 Å². The molecule has 0 spiro atoms. The first-order chi connectivity index (χ1) is 14.8. The summed E-state index contributed by atoms with van der Waals surface area (Å²) >= 11 is 0. The Labute approximate surface area is 186 Å². The lowest BCUT2D eigenvalue weighted by Crippen LogP contribution is -2.38. The highest BCUT2D eigenvalue weighted by Gasteiger charge is 2.37. The molecule has 2 aromatic rings. The van der Waals surface area contributed by atoms with E-state index in [9.17, 15) is 4.79 Å². The molecule has 160 valence electrons. The maximum atomic E-state index is 13.5. The van der Waals surface area contributed by atoms with Gasteiger partial charge in [0.1, 0.15) is 5.60 Å². The number of benzene rings is 2. The molecule has 0 bridgehead atoms. The summed E-state index contributed by atoms with van der Waals surface area (Å²) in [6.07, 6.45) is 9.21. The van der Waals surface area contributed by atoms with Crippen LogP contribution in [-0.4, -0.2) is 16.6 Å². The fourth-order valence-corrected chi connectivity index (χ4v) is 3.85. The molecule has 0 fully saturated rings. The van der Waals surface area contributed by atoms with Crippen LogP contribution in [0.15, 0.2) is 98.1 Å². The molecule has 0 N–H and O–H groups in total.